The fourth-order valence-corrected chi connectivity index (χ4v) is 7.12. The number of hydrogen-bond donors (Lipinski definition) is 1. The molecular formula is C31H35N5O3. The molecule has 8 heteroatoms. The summed E-state index contributed by atoms with van der Waals surface area (Å²) in [5.41, 5.74) is 3.67. The van der Waals surface area contributed by atoms with Gasteiger partial charge in [0.25, 0.3) is 5.91 Å². The number of piperidine rings is 2. The Morgan fingerprint density at radius 1 is 1.03 bits per heavy atom. The van der Waals surface area contributed by atoms with Crippen LogP contribution in [-0.2, 0) is 16.0 Å². The maximum Gasteiger partial charge on any atom is 0.259 e. The molecule has 3 aromatic rings. The first-order valence-corrected chi connectivity index (χ1v) is 14.5. The Kier molecular flexibility index (Phi) is 6.03. The minimum absolute atomic E-state index is 0.173. The van der Waals surface area contributed by atoms with Gasteiger partial charge in [0.1, 0.15) is 6.04 Å². The van der Waals surface area contributed by atoms with E-state index in [1.165, 1.54) is 19.3 Å². The standard InChI is InChI=1S/C31H35N5O3/c1-19(21-4-2-5-21)34-14-12-23(13-15-34)35-18-20(17-32-35)16-22-8-9-26-29-24(22)6-3-7-25(29)31(39)36(26)27-10-11-28(37)33-30(27)38/h3,6-9,17-19,21,23,27H,2,4-5,10-16H2,1H3,(H,33,37,38)/t19-,27?/m1/s1. The highest BCUT2D eigenvalue weighted by molar-refractivity contribution is 6.27. The number of aromatic nitrogens is 2. The molecule has 3 aliphatic heterocycles. The number of carbonyl (C=O) groups excluding carboxylic acids is 3. The van der Waals surface area contributed by atoms with Gasteiger partial charge >= 0.3 is 0 Å². The second kappa shape index (κ2) is 9.59. The van der Waals surface area contributed by atoms with Crippen molar-refractivity contribution < 1.29 is 14.4 Å². The van der Waals surface area contributed by atoms with Gasteiger partial charge in [0, 0.05) is 49.1 Å². The Labute approximate surface area is 228 Å². The smallest absolute Gasteiger partial charge is 0.259 e. The van der Waals surface area contributed by atoms with Crippen LogP contribution in [0.5, 0.6) is 0 Å². The van der Waals surface area contributed by atoms with Gasteiger partial charge in [-0.25, -0.2) is 0 Å². The number of rotatable bonds is 6. The number of amides is 3. The third-order valence-corrected chi connectivity index (χ3v) is 9.67. The zero-order valence-corrected chi connectivity index (χ0v) is 22.4. The van der Waals surface area contributed by atoms with E-state index in [0.717, 1.165) is 65.9 Å². The van der Waals surface area contributed by atoms with Crippen molar-refractivity contribution in [2.45, 2.75) is 76.4 Å². The molecule has 1 saturated carbocycles. The minimum Gasteiger partial charge on any atom is -0.300 e. The maximum absolute atomic E-state index is 13.4. The summed E-state index contributed by atoms with van der Waals surface area (Å²) in [6.45, 7) is 4.69. The number of benzene rings is 2. The van der Waals surface area contributed by atoms with Crippen LogP contribution < -0.4 is 10.2 Å². The molecule has 4 heterocycles. The van der Waals surface area contributed by atoms with Crippen molar-refractivity contribution in [1.29, 1.82) is 0 Å². The monoisotopic (exact) mass is 525 g/mol. The van der Waals surface area contributed by atoms with Gasteiger partial charge in [0.15, 0.2) is 0 Å². The summed E-state index contributed by atoms with van der Waals surface area (Å²) < 4.78 is 2.16. The number of anilines is 1. The van der Waals surface area contributed by atoms with Crippen molar-refractivity contribution in [3.8, 4) is 0 Å². The average molecular weight is 526 g/mol. The van der Waals surface area contributed by atoms with E-state index >= 15 is 0 Å². The van der Waals surface area contributed by atoms with E-state index in [4.69, 9.17) is 5.10 Å². The summed E-state index contributed by atoms with van der Waals surface area (Å²) in [4.78, 5) is 42.0. The number of nitrogens with one attached hydrogen (secondary N) is 1. The highest BCUT2D eigenvalue weighted by Crippen LogP contribution is 2.41. The van der Waals surface area contributed by atoms with E-state index in [0.29, 0.717) is 24.1 Å². The summed E-state index contributed by atoms with van der Waals surface area (Å²) >= 11 is 0. The van der Waals surface area contributed by atoms with Gasteiger partial charge in [-0.1, -0.05) is 24.6 Å². The molecular weight excluding hydrogens is 490 g/mol. The van der Waals surface area contributed by atoms with Gasteiger partial charge in [-0.3, -0.25) is 29.3 Å². The Morgan fingerprint density at radius 2 is 1.85 bits per heavy atom. The van der Waals surface area contributed by atoms with Crippen molar-refractivity contribution in [3.05, 3.63) is 59.4 Å². The molecule has 3 fully saturated rings. The highest BCUT2D eigenvalue weighted by Gasteiger charge is 2.41. The minimum atomic E-state index is -0.669. The van der Waals surface area contributed by atoms with Crippen molar-refractivity contribution >= 4 is 34.2 Å². The lowest BCUT2D eigenvalue weighted by Gasteiger charge is -2.42. The number of carbonyl (C=O) groups is 3. The Bertz CT molecular complexity index is 1470. The van der Waals surface area contributed by atoms with E-state index in [9.17, 15) is 14.4 Å². The molecule has 0 bridgehead atoms. The SMILES string of the molecule is C[C@H](C1CCC1)N1CCC(n2cc(Cc3ccc4c5c(cccc35)C(=O)N4C3CCC(=O)NC3=O)cn2)CC1. The van der Waals surface area contributed by atoms with Crippen molar-refractivity contribution in [2.75, 3.05) is 18.0 Å². The van der Waals surface area contributed by atoms with Crippen molar-refractivity contribution in [3.63, 3.8) is 0 Å². The van der Waals surface area contributed by atoms with Crippen LogP contribution in [0.4, 0.5) is 5.69 Å². The van der Waals surface area contributed by atoms with Gasteiger partial charge in [0.05, 0.1) is 17.9 Å². The topological polar surface area (TPSA) is 87.5 Å². The van der Waals surface area contributed by atoms with Gasteiger partial charge in [0.2, 0.25) is 11.8 Å². The van der Waals surface area contributed by atoms with Crippen LogP contribution in [0, 0.1) is 5.92 Å². The molecule has 39 heavy (non-hydrogen) atoms. The average Bonchev–Trinajstić information content (AvgIpc) is 3.48. The lowest BCUT2D eigenvalue weighted by Crippen LogP contribution is -2.53. The van der Waals surface area contributed by atoms with E-state index in [1.54, 1.807) is 4.90 Å². The van der Waals surface area contributed by atoms with E-state index < -0.39 is 11.9 Å². The molecule has 2 saturated heterocycles. The van der Waals surface area contributed by atoms with Gasteiger partial charge in [-0.2, -0.15) is 5.10 Å². The maximum atomic E-state index is 13.4. The zero-order chi connectivity index (χ0) is 26.7. The highest BCUT2D eigenvalue weighted by atomic mass is 16.2. The van der Waals surface area contributed by atoms with E-state index in [2.05, 4.69) is 40.2 Å². The summed E-state index contributed by atoms with van der Waals surface area (Å²) in [7, 11) is 0. The molecule has 1 aromatic heterocycles. The molecule has 0 spiro atoms. The van der Waals surface area contributed by atoms with Gasteiger partial charge in [-0.15, -0.1) is 0 Å². The fourth-order valence-electron chi connectivity index (χ4n) is 7.12. The molecule has 3 amide bonds. The molecule has 2 aromatic carbocycles. The van der Waals surface area contributed by atoms with Crippen molar-refractivity contribution in [1.82, 2.24) is 20.0 Å². The number of likely N-dealkylation sites (tertiary alicyclic amines) is 1. The zero-order valence-electron chi connectivity index (χ0n) is 22.4. The van der Waals surface area contributed by atoms with Crippen LogP contribution in [0.2, 0.25) is 0 Å². The van der Waals surface area contributed by atoms with E-state index in [-0.39, 0.29) is 18.2 Å². The largest absolute Gasteiger partial charge is 0.300 e. The van der Waals surface area contributed by atoms with Crippen molar-refractivity contribution in [2.24, 2.45) is 5.92 Å². The lowest BCUT2D eigenvalue weighted by molar-refractivity contribution is -0.134. The number of nitrogens with zero attached hydrogens (tertiary/aromatic N) is 4. The summed E-state index contributed by atoms with van der Waals surface area (Å²) in [6, 6.07) is 10.3. The Balaban J connectivity index is 1.09. The predicted octanol–water partition coefficient (Wildman–Crippen LogP) is 4.22. The van der Waals surface area contributed by atoms with Crippen LogP contribution in [0.25, 0.3) is 10.8 Å². The molecule has 0 radical (unpaired) electrons. The quantitative estimate of drug-likeness (QED) is 0.487. The Morgan fingerprint density at radius 3 is 2.59 bits per heavy atom. The van der Waals surface area contributed by atoms with Crippen LogP contribution in [0.1, 0.15) is 79.4 Å². The lowest BCUT2D eigenvalue weighted by atomic mass is 9.79. The molecule has 1 unspecified atom stereocenters. The number of hydrogen-bond acceptors (Lipinski definition) is 5. The molecule has 7 rings (SSSR count). The van der Waals surface area contributed by atoms with Gasteiger partial charge < -0.3 is 4.90 Å². The predicted molar refractivity (Wildman–Crippen MR) is 149 cm³/mol. The third kappa shape index (κ3) is 4.16. The molecule has 1 N–H and O–H groups in total. The molecule has 2 atom stereocenters. The first-order valence-electron chi connectivity index (χ1n) is 14.5. The first-order chi connectivity index (χ1) is 19.0. The second-order valence-corrected chi connectivity index (χ2v) is 11.8. The van der Waals surface area contributed by atoms with Gasteiger partial charge in [-0.05, 0) is 73.6 Å². The van der Waals surface area contributed by atoms with E-state index in [1.807, 2.05) is 24.4 Å². The van der Waals surface area contributed by atoms with Crippen LogP contribution in [0.3, 0.4) is 0 Å². The molecule has 1 aliphatic carbocycles. The van der Waals surface area contributed by atoms with Crippen LogP contribution >= 0.6 is 0 Å². The second-order valence-electron chi connectivity index (χ2n) is 11.8. The Hall–Kier alpha value is -3.52. The summed E-state index contributed by atoms with van der Waals surface area (Å²) in [5, 5.41) is 9.07. The third-order valence-electron chi connectivity index (χ3n) is 9.67. The first kappa shape index (κ1) is 24.5. The fraction of sp³-hybridized carbons (Fsp3) is 0.484. The summed E-state index contributed by atoms with van der Waals surface area (Å²) in [5.74, 6) is 0.0330. The number of imide groups is 1. The molecule has 202 valence electrons. The normalized spacial score (nSPS) is 23.4. The van der Waals surface area contributed by atoms with Crippen LogP contribution in [0.15, 0.2) is 42.7 Å². The van der Waals surface area contributed by atoms with Crippen LogP contribution in [-0.4, -0.2) is 57.6 Å². The molecule has 4 aliphatic rings. The molecule has 8 nitrogen and oxygen atoms in total. The summed E-state index contributed by atoms with van der Waals surface area (Å²) in [6.07, 6.45) is 11.9.